The summed E-state index contributed by atoms with van der Waals surface area (Å²) in [5.74, 6) is 1.93. The van der Waals surface area contributed by atoms with Crippen molar-refractivity contribution in [2.24, 2.45) is 11.3 Å². The molecule has 4 rings (SSSR count). The second kappa shape index (κ2) is 6.16. The Bertz CT molecular complexity index is 767. The topological polar surface area (TPSA) is 90.7 Å². The molecular weight excluding hydrogens is 320 g/mol. The summed E-state index contributed by atoms with van der Waals surface area (Å²) in [6, 6.07) is 8.75. The van der Waals surface area contributed by atoms with Crippen LogP contribution in [0.3, 0.4) is 0 Å². The van der Waals surface area contributed by atoms with Gasteiger partial charge < -0.3 is 25.2 Å². The zero-order valence-electron chi connectivity index (χ0n) is 14.1. The summed E-state index contributed by atoms with van der Waals surface area (Å²) in [5, 5.41) is 22.4. The monoisotopic (exact) mass is 342 g/mol. The molecule has 3 heterocycles. The van der Waals surface area contributed by atoms with Crippen LogP contribution in [0, 0.1) is 18.3 Å². The maximum absolute atomic E-state index is 9.85. The molecule has 2 aromatic rings. The van der Waals surface area contributed by atoms with Gasteiger partial charge in [-0.15, -0.1) is 0 Å². The molecule has 0 unspecified atom stereocenters. The number of anilines is 3. The predicted octanol–water partition coefficient (Wildman–Crippen LogP) is 1.68. The van der Waals surface area contributed by atoms with Crippen molar-refractivity contribution in [3.8, 4) is 5.75 Å². The van der Waals surface area contributed by atoms with Crippen LogP contribution in [0.4, 0.5) is 17.5 Å². The van der Waals surface area contributed by atoms with Crippen molar-refractivity contribution in [3.63, 3.8) is 0 Å². The largest absolute Gasteiger partial charge is 0.508 e. The van der Waals surface area contributed by atoms with E-state index in [1.165, 1.54) is 0 Å². The standard InChI is InChI=1S/C18H22N4O3/c1-12-6-16(22-7-13-8-25-11-18(13,9-22)10-23)21-17(19-12)20-14-2-4-15(24)5-3-14/h2-6,13,23-24H,7-11H2,1H3,(H,19,20,21)/t13-,18-/m0/s1. The molecule has 1 aromatic carbocycles. The highest BCUT2D eigenvalue weighted by molar-refractivity contribution is 5.57. The fourth-order valence-corrected chi connectivity index (χ4v) is 3.67. The molecular formula is C18H22N4O3. The third-order valence-electron chi connectivity index (χ3n) is 5.12. The van der Waals surface area contributed by atoms with Crippen LogP contribution in [-0.2, 0) is 4.74 Å². The number of ether oxygens (including phenoxy) is 1. The fraction of sp³-hybridized carbons (Fsp3) is 0.444. The second-order valence-corrected chi connectivity index (χ2v) is 6.98. The number of rotatable bonds is 4. The minimum absolute atomic E-state index is 0.136. The smallest absolute Gasteiger partial charge is 0.229 e. The van der Waals surface area contributed by atoms with E-state index in [-0.39, 0.29) is 17.8 Å². The van der Waals surface area contributed by atoms with E-state index in [0.29, 0.717) is 25.1 Å². The van der Waals surface area contributed by atoms with E-state index < -0.39 is 0 Å². The van der Waals surface area contributed by atoms with Crippen molar-refractivity contribution >= 4 is 17.5 Å². The van der Waals surface area contributed by atoms with Crippen molar-refractivity contribution in [2.45, 2.75) is 6.92 Å². The van der Waals surface area contributed by atoms with Crippen LogP contribution < -0.4 is 10.2 Å². The number of aliphatic hydroxyl groups excluding tert-OH is 1. The van der Waals surface area contributed by atoms with Gasteiger partial charge in [0.1, 0.15) is 11.6 Å². The van der Waals surface area contributed by atoms with E-state index in [9.17, 15) is 10.2 Å². The van der Waals surface area contributed by atoms with Gasteiger partial charge in [-0.1, -0.05) is 0 Å². The number of phenolic OH excluding ortho intramolecular Hbond substituents is 1. The number of fused-ring (bicyclic) bond motifs is 1. The maximum Gasteiger partial charge on any atom is 0.229 e. The molecule has 2 saturated heterocycles. The molecule has 1 aromatic heterocycles. The summed E-state index contributed by atoms with van der Waals surface area (Å²) in [5.41, 5.74) is 1.51. The summed E-state index contributed by atoms with van der Waals surface area (Å²) in [6.45, 7) is 4.94. The van der Waals surface area contributed by atoms with Crippen molar-refractivity contribution < 1.29 is 14.9 Å². The highest BCUT2D eigenvalue weighted by atomic mass is 16.5. The molecule has 25 heavy (non-hydrogen) atoms. The van der Waals surface area contributed by atoms with E-state index in [2.05, 4.69) is 20.2 Å². The molecule has 2 fully saturated rings. The lowest BCUT2D eigenvalue weighted by Crippen LogP contribution is -2.34. The minimum Gasteiger partial charge on any atom is -0.508 e. The molecule has 0 amide bonds. The minimum atomic E-state index is -0.177. The van der Waals surface area contributed by atoms with Crippen molar-refractivity contribution in [3.05, 3.63) is 36.0 Å². The number of hydrogen-bond acceptors (Lipinski definition) is 7. The van der Waals surface area contributed by atoms with Crippen LogP contribution in [0.5, 0.6) is 5.75 Å². The highest BCUT2D eigenvalue weighted by Gasteiger charge is 2.50. The Balaban J connectivity index is 1.57. The number of aromatic hydroxyl groups is 1. The lowest BCUT2D eigenvalue weighted by molar-refractivity contribution is 0.0989. The average Bonchev–Trinajstić information content (AvgIpc) is 3.14. The quantitative estimate of drug-likeness (QED) is 0.728. The molecule has 0 bridgehead atoms. The zero-order chi connectivity index (χ0) is 17.4. The number of hydrogen-bond donors (Lipinski definition) is 3. The molecule has 2 aliphatic heterocycles. The number of aryl methyl sites for hydroxylation is 1. The Morgan fingerprint density at radius 2 is 2.12 bits per heavy atom. The molecule has 3 N–H and O–H groups in total. The maximum atomic E-state index is 9.85. The Morgan fingerprint density at radius 3 is 2.84 bits per heavy atom. The average molecular weight is 342 g/mol. The number of benzene rings is 1. The van der Waals surface area contributed by atoms with Crippen LogP contribution >= 0.6 is 0 Å². The normalized spacial score (nSPS) is 25.2. The van der Waals surface area contributed by atoms with Gasteiger partial charge in [-0.3, -0.25) is 0 Å². The van der Waals surface area contributed by atoms with Crippen LogP contribution in [0.2, 0.25) is 0 Å². The van der Waals surface area contributed by atoms with Gasteiger partial charge in [0.15, 0.2) is 0 Å². The molecule has 7 nitrogen and oxygen atoms in total. The third kappa shape index (κ3) is 3.01. The van der Waals surface area contributed by atoms with Crippen LogP contribution in [0.15, 0.2) is 30.3 Å². The van der Waals surface area contributed by atoms with E-state index >= 15 is 0 Å². The van der Waals surface area contributed by atoms with Crippen molar-refractivity contribution in [1.82, 2.24) is 9.97 Å². The number of phenols is 1. The van der Waals surface area contributed by atoms with Gasteiger partial charge in [0.25, 0.3) is 0 Å². The van der Waals surface area contributed by atoms with E-state index in [4.69, 9.17) is 4.74 Å². The number of nitrogens with one attached hydrogen (secondary N) is 1. The van der Waals surface area contributed by atoms with Crippen LogP contribution in [0.1, 0.15) is 5.69 Å². The molecule has 7 heteroatoms. The Hall–Kier alpha value is -2.38. The first-order chi connectivity index (χ1) is 12.1. The van der Waals surface area contributed by atoms with Crippen molar-refractivity contribution in [2.75, 3.05) is 43.1 Å². The first-order valence-corrected chi connectivity index (χ1v) is 8.43. The molecule has 0 spiro atoms. The van der Waals surface area contributed by atoms with Crippen molar-refractivity contribution in [1.29, 1.82) is 0 Å². The van der Waals surface area contributed by atoms with E-state index in [1.54, 1.807) is 24.3 Å². The molecule has 0 aliphatic carbocycles. The summed E-state index contributed by atoms with van der Waals surface area (Å²) < 4.78 is 5.57. The number of aliphatic hydroxyl groups is 1. The Kier molecular flexibility index (Phi) is 3.97. The van der Waals surface area contributed by atoms with Gasteiger partial charge in [-0.2, -0.15) is 4.98 Å². The van der Waals surface area contributed by atoms with Gasteiger partial charge in [0.2, 0.25) is 5.95 Å². The molecule has 2 aliphatic rings. The lowest BCUT2D eigenvalue weighted by atomic mass is 9.82. The van der Waals surface area contributed by atoms with Gasteiger partial charge in [-0.05, 0) is 31.2 Å². The van der Waals surface area contributed by atoms with E-state index in [1.807, 2.05) is 13.0 Å². The zero-order valence-corrected chi connectivity index (χ0v) is 14.1. The predicted molar refractivity (Wildman–Crippen MR) is 94.2 cm³/mol. The van der Waals surface area contributed by atoms with Gasteiger partial charge in [0.05, 0.1) is 19.8 Å². The van der Waals surface area contributed by atoms with Gasteiger partial charge >= 0.3 is 0 Å². The number of nitrogens with zero attached hydrogens (tertiary/aromatic N) is 3. The van der Waals surface area contributed by atoms with E-state index in [0.717, 1.165) is 30.3 Å². The summed E-state index contributed by atoms with van der Waals surface area (Å²) in [7, 11) is 0. The first-order valence-electron chi connectivity index (χ1n) is 8.43. The SMILES string of the molecule is Cc1cc(N2C[C@H]3COC[C@@]3(CO)C2)nc(Nc2ccc(O)cc2)n1. The first kappa shape index (κ1) is 16.1. The molecule has 0 radical (unpaired) electrons. The molecule has 2 atom stereocenters. The van der Waals surface area contributed by atoms with Gasteiger partial charge in [0, 0.05) is 41.9 Å². The highest BCUT2D eigenvalue weighted by Crippen LogP contribution is 2.42. The summed E-state index contributed by atoms with van der Waals surface area (Å²) in [4.78, 5) is 11.3. The van der Waals surface area contributed by atoms with Crippen LogP contribution in [0.25, 0.3) is 0 Å². The third-order valence-corrected chi connectivity index (χ3v) is 5.12. The second-order valence-electron chi connectivity index (χ2n) is 6.98. The summed E-state index contributed by atoms with van der Waals surface area (Å²) in [6.07, 6.45) is 0. The van der Waals surface area contributed by atoms with Crippen LogP contribution in [-0.4, -0.2) is 53.1 Å². The molecule has 132 valence electrons. The molecule has 0 saturated carbocycles. The lowest BCUT2D eigenvalue weighted by Gasteiger charge is -2.24. The number of aromatic nitrogens is 2. The Morgan fingerprint density at radius 1 is 1.32 bits per heavy atom. The van der Waals surface area contributed by atoms with Gasteiger partial charge in [-0.25, -0.2) is 4.98 Å². The Labute approximate surface area is 146 Å². The summed E-state index contributed by atoms with van der Waals surface area (Å²) >= 11 is 0. The fourth-order valence-electron chi connectivity index (χ4n) is 3.67.